The molecule has 1 amide bonds. The van der Waals surface area contributed by atoms with Crippen molar-refractivity contribution in [3.05, 3.63) is 77.1 Å². The van der Waals surface area contributed by atoms with Gasteiger partial charge in [-0.3, -0.25) is 9.59 Å². The first-order valence-electron chi connectivity index (χ1n) is 9.53. The van der Waals surface area contributed by atoms with Gasteiger partial charge in [0.25, 0.3) is 0 Å². The quantitative estimate of drug-likeness (QED) is 0.748. The van der Waals surface area contributed by atoms with Gasteiger partial charge in [-0.25, -0.2) is 4.79 Å². The number of esters is 2. The second-order valence-electron chi connectivity index (χ2n) is 7.10. The molecule has 2 aromatic rings. The Morgan fingerprint density at radius 3 is 2.52 bits per heavy atom. The molecule has 0 aliphatic carbocycles. The van der Waals surface area contributed by atoms with Gasteiger partial charge < -0.3 is 14.4 Å². The Balaban J connectivity index is 1.90. The molecule has 0 saturated carbocycles. The molecule has 29 heavy (non-hydrogen) atoms. The number of fused-ring (bicyclic) bond motifs is 2. The number of hydrogen-bond acceptors (Lipinski definition) is 5. The van der Waals surface area contributed by atoms with E-state index < -0.39 is 17.4 Å². The lowest BCUT2D eigenvalue weighted by molar-refractivity contribution is -0.148. The van der Waals surface area contributed by atoms with Gasteiger partial charge in [0.05, 0.1) is 25.1 Å². The average molecular weight is 391 g/mol. The first kappa shape index (κ1) is 18.9. The smallest absolute Gasteiger partial charge is 0.338 e. The van der Waals surface area contributed by atoms with Crippen LogP contribution in [0.3, 0.4) is 0 Å². The van der Waals surface area contributed by atoms with Gasteiger partial charge >= 0.3 is 11.9 Å². The monoisotopic (exact) mass is 391 g/mol. The maximum Gasteiger partial charge on any atom is 0.338 e. The molecule has 2 heterocycles. The molecule has 148 valence electrons. The Kier molecular flexibility index (Phi) is 4.70. The highest BCUT2D eigenvalue weighted by Gasteiger charge is 2.59. The highest BCUT2D eigenvalue weighted by atomic mass is 16.5. The molecule has 2 aromatic carbocycles. The number of rotatable bonds is 4. The lowest BCUT2D eigenvalue weighted by atomic mass is 9.70. The number of anilines is 1. The Morgan fingerprint density at radius 2 is 1.79 bits per heavy atom. The fourth-order valence-corrected chi connectivity index (χ4v) is 4.24. The second kappa shape index (κ2) is 7.20. The van der Waals surface area contributed by atoms with Gasteiger partial charge in [0.1, 0.15) is 11.2 Å². The van der Waals surface area contributed by atoms with E-state index in [-0.39, 0.29) is 30.3 Å². The minimum Gasteiger partial charge on any atom is -0.463 e. The highest BCUT2D eigenvalue weighted by Crippen LogP contribution is 2.52. The zero-order valence-electron chi connectivity index (χ0n) is 16.3. The molecule has 6 heteroatoms. The highest BCUT2D eigenvalue weighted by molar-refractivity contribution is 6.17. The minimum atomic E-state index is -1.43. The van der Waals surface area contributed by atoms with Gasteiger partial charge in [-0.05, 0) is 31.0 Å². The van der Waals surface area contributed by atoms with Crippen molar-refractivity contribution in [1.82, 2.24) is 0 Å². The molecule has 1 unspecified atom stereocenters. The topological polar surface area (TPSA) is 72.9 Å². The molecular weight excluding hydrogens is 370 g/mol. The second-order valence-corrected chi connectivity index (χ2v) is 7.10. The minimum absolute atomic E-state index is 0.104. The van der Waals surface area contributed by atoms with E-state index in [9.17, 15) is 14.4 Å². The van der Waals surface area contributed by atoms with Gasteiger partial charge in [-0.2, -0.15) is 0 Å². The zero-order valence-corrected chi connectivity index (χ0v) is 16.3. The molecule has 1 atom stereocenters. The maximum absolute atomic E-state index is 13.8. The molecule has 1 spiro atoms. The summed E-state index contributed by atoms with van der Waals surface area (Å²) >= 11 is 0. The lowest BCUT2D eigenvalue weighted by Crippen LogP contribution is -2.48. The van der Waals surface area contributed by atoms with Gasteiger partial charge in [0, 0.05) is 5.69 Å². The molecule has 6 nitrogen and oxygen atoms in total. The number of allylic oxidation sites excluding steroid dienone is 1. The Hall–Kier alpha value is -3.41. The maximum atomic E-state index is 13.8. The van der Waals surface area contributed by atoms with Crippen molar-refractivity contribution < 1.29 is 23.9 Å². The first-order valence-corrected chi connectivity index (χ1v) is 9.53. The van der Waals surface area contributed by atoms with Crippen molar-refractivity contribution in [2.45, 2.75) is 32.2 Å². The molecule has 0 bridgehead atoms. The van der Waals surface area contributed by atoms with Crippen LogP contribution in [0.25, 0.3) is 0 Å². The van der Waals surface area contributed by atoms with Crippen LogP contribution in [-0.4, -0.2) is 24.5 Å². The van der Waals surface area contributed by atoms with Crippen LogP contribution >= 0.6 is 0 Å². The van der Waals surface area contributed by atoms with Crippen LogP contribution in [0.2, 0.25) is 0 Å². The summed E-state index contributed by atoms with van der Waals surface area (Å²) in [5.41, 5.74) is 0.930. The first-order chi connectivity index (χ1) is 14.0. The van der Waals surface area contributed by atoms with E-state index in [2.05, 4.69) is 0 Å². The number of amides is 1. The zero-order chi connectivity index (χ0) is 20.6. The van der Waals surface area contributed by atoms with E-state index >= 15 is 0 Å². The summed E-state index contributed by atoms with van der Waals surface area (Å²) in [5, 5.41) is 0. The van der Waals surface area contributed by atoms with Gasteiger partial charge in [-0.15, -0.1) is 0 Å². The number of carbonyl (C=O) groups excluding carboxylic acids is 3. The largest absolute Gasteiger partial charge is 0.463 e. The number of hydrogen-bond donors (Lipinski definition) is 0. The predicted octanol–water partition coefficient (Wildman–Crippen LogP) is 3.26. The van der Waals surface area contributed by atoms with Crippen molar-refractivity contribution in [3.63, 3.8) is 0 Å². The average Bonchev–Trinajstić information content (AvgIpc) is 2.92. The summed E-state index contributed by atoms with van der Waals surface area (Å²) in [6.07, 6.45) is -0.236. The number of nitrogens with zero attached hydrogens (tertiary/aromatic N) is 1. The Labute approximate surface area is 168 Å². The third-order valence-electron chi connectivity index (χ3n) is 5.38. The van der Waals surface area contributed by atoms with Crippen LogP contribution in [0.4, 0.5) is 5.69 Å². The fraction of sp³-hybridized carbons (Fsp3) is 0.261. The molecule has 0 fully saturated rings. The summed E-state index contributed by atoms with van der Waals surface area (Å²) < 4.78 is 10.5. The molecule has 0 N–H and O–H groups in total. The number of benzene rings is 2. The third kappa shape index (κ3) is 2.92. The van der Waals surface area contributed by atoms with E-state index in [0.717, 1.165) is 5.56 Å². The van der Waals surface area contributed by atoms with E-state index in [1.807, 2.05) is 42.5 Å². The van der Waals surface area contributed by atoms with Crippen molar-refractivity contribution >= 4 is 23.5 Å². The van der Waals surface area contributed by atoms with Gasteiger partial charge in [-0.1, -0.05) is 48.5 Å². The van der Waals surface area contributed by atoms with Crippen LogP contribution in [-0.2, 0) is 35.8 Å². The summed E-state index contributed by atoms with van der Waals surface area (Å²) in [6.45, 7) is 3.72. The van der Waals surface area contributed by atoms with Crippen LogP contribution in [0.1, 0.15) is 31.4 Å². The molecule has 0 radical (unpaired) electrons. The summed E-state index contributed by atoms with van der Waals surface area (Å²) in [6, 6.07) is 16.9. The summed E-state index contributed by atoms with van der Waals surface area (Å²) in [4.78, 5) is 40.7. The number of ether oxygens (including phenoxy) is 2. The van der Waals surface area contributed by atoms with E-state index in [0.29, 0.717) is 17.8 Å². The van der Waals surface area contributed by atoms with Crippen LogP contribution in [0, 0.1) is 0 Å². The molecule has 4 rings (SSSR count). The van der Waals surface area contributed by atoms with Crippen LogP contribution < -0.4 is 4.90 Å². The number of carbonyl (C=O) groups is 3. The van der Waals surface area contributed by atoms with Crippen molar-refractivity contribution in [3.8, 4) is 0 Å². The summed E-state index contributed by atoms with van der Waals surface area (Å²) in [7, 11) is 0. The summed E-state index contributed by atoms with van der Waals surface area (Å²) in [5.74, 6) is -1.38. The van der Waals surface area contributed by atoms with Gasteiger partial charge in [0.15, 0.2) is 0 Å². The van der Waals surface area contributed by atoms with Crippen LogP contribution in [0.15, 0.2) is 65.9 Å². The van der Waals surface area contributed by atoms with E-state index in [1.54, 1.807) is 24.0 Å². The standard InChI is InChI=1S/C23H21NO5/c1-3-28-21(26)20-15(2)29-19(25)13-23(20)17-11-7-8-12-18(17)24(22(23)27)14-16-9-5-4-6-10-16/h4-12H,3,13-14H2,1-2H3. The SMILES string of the molecule is CCOC(=O)C1=C(C)OC(=O)CC12C(=O)N(Cc1ccccc1)c1ccccc12. The fourth-order valence-electron chi connectivity index (χ4n) is 4.24. The molecular formula is C23H21NO5. The van der Waals surface area contributed by atoms with Crippen LogP contribution in [0.5, 0.6) is 0 Å². The Morgan fingerprint density at radius 1 is 1.10 bits per heavy atom. The molecule has 0 aromatic heterocycles. The third-order valence-corrected chi connectivity index (χ3v) is 5.38. The van der Waals surface area contributed by atoms with E-state index in [1.165, 1.54) is 6.92 Å². The normalized spacial score (nSPS) is 20.7. The van der Waals surface area contributed by atoms with Crippen molar-refractivity contribution in [1.29, 1.82) is 0 Å². The molecule has 2 aliphatic heterocycles. The Bertz CT molecular complexity index is 1030. The lowest BCUT2D eigenvalue weighted by Gasteiger charge is -2.33. The van der Waals surface area contributed by atoms with Gasteiger partial charge in [0.2, 0.25) is 5.91 Å². The molecule has 2 aliphatic rings. The number of cyclic esters (lactones) is 1. The molecule has 0 saturated heterocycles. The van der Waals surface area contributed by atoms with Crippen molar-refractivity contribution in [2.24, 2.45) is 0 Å². The van der Waals surface area contributed by atoms with Crippen molar-refractivity contribution in [2.75, 3.05) is 11.5 Å². The number of para-hydroxylation sites is 1. The predicted molar refractivity (Wildman–Crippen MR) is 106 cm³/mol. The van der Waals surface area contributed by atoms with E-state index in [4.69, 9.17) is 9.47 Å².